The molecule has 30 heavy (non-hydrogen) atoms. The molecule has 0 aliphatic carbocycles. The lowest BCUT2D eigenvalue weighted by molar-refractivity contribution is -0.119. The Labute approximate surface area is 183 Å². The van der Waals surface area contributed by atoms with Crippen LogP contribution in [0.15, 0.2) is 36.4 Å². The normalized spacial score (nSPS) is 15.5. The van der Waals surface area contributed by atoms with Crippen molar-refractivity contribution in [3.05, 3.63) is 63.6 Å². The second kappa shape index (κ2) is 8.74. The molecule has 0 fully saturated rings. The van der Waals surface area contributed by atoms with Gasteiger partial charge in [-0.25, -0.2) is 14.1 Å². The van der Waals surface area contributed by atoms with Gasteiger partial charge in [-0.05, 0) is 61.2 Å². The van der Waals surface area contributed by atoms with E-state index < -0.39 is 5.82 Å². The van der Waals surface area contributed by atoms with Gasteiger partial charge < -0.3 is 4.74 Å². The predicted molar refractivity (Wildman–Crippen MR) is 114 cm³/mol. The van der Waals surface area contributed by atoms with Crippen molar-refractivity contribution in [1.29, 1.82) is 0 Å². The molecule has 8 heteroatoms. The summed E-state index contributed by atoms with van der Waals surface area (Å²) in [7, 11) is 0. The average molecular weight is 448 g/mol. The van der Waals surface area contributed by atoms with Crippen LogP contribution in [0.2, 0.25) is 10.0 Å². The first-order valence-corrected chi connectivity index (χ1v) is 10.5. The van der Waals surface area contributed by atoms with Crippen molar-refractivity contribution in [3.63, 3.8) is 0 Å². The summed E-state index contributed by atoms with van der Waals surface area (Å²) in [5.41, 5.74) is 1.49. The molecule has 0 saturated heterocycles. The van der Waals surface area contributed by atoms with Crippen LogP contribution in [-0.4, -0.2) is 27.2 Å². The third-order valence-corrected chi connectivity index (χ3v) is 5.73. The Morgan fingerprint density at radius 1 is 1.27 bits per heavy atom. The quantitative estimate of drug-likeness (QED) is 0.501. The van der Waals surface area contributed by atoms with Crippen LogP contribution in [0.5, 0.6) is 5.75 Å². The molecule has 0 N–H and O–H groups in total. The zero-order valence-corrected chi connectivity index (χ0v) is 17.9. The minimum Gasteiger partial charge on any atom is -0.493 e. The first-order valence-electron chi connectivity index (χ1n) is 9.77. The fourth-order valence-electron chi connectivity index (χ4n) is 3.69. The molecule has 2 aromatic carbocycles. The summed E-state index contributed by atoms with van der Waals surface area (Å²) < 4.78 is 21.2. The molecule has 5 nitrogen and oxygen atoms in total. The zero-order valence-electron chi connectivity index (χ0n) is 16.4. The number of fused-ring (bicyclic) bond motifs is 1. The van der Waals surface area contributed by atoms with Crippen molar-refractivity contribution in [3.8, 4) is 17.1 Å². The van der Waals surface area contributed by atoms with Crippen molar-refractivity contribution in [2.24, 2.45) is 0 Å². The van der Waals surface area contributed by atoms with Crippen LogP contribution in [0.3, 0.4) is 0 Å². The molecule has 3 aromatic rings. The molecule has 0 bridgehead atoms. The Kier molecular flexibility index (Phi) is 6.06. The lowest BCUT2D eigenvalue weighted by Gasteiger charge is -2.25. The van der Waals surface area contributed by atoms with Crippen LogP contribution in [0.25, 0.3) is 11.4 Å². The number of hydrogen-bond acceptors (Lipinski definition) is 4. The van der Waals surface area contributed by atoms with Gasteiger partial charge in [0, 0.05) is 23.6 Å². The molecule has 0 unspecified atom stereocenters. The van der Waals surface area contributed by atoms with E-state index in [2.05, 4.69) is 10.1 Å². The fraction of sp³-hybridized carbons (Fsp3) is 0.318. The number of ketones is 1. The highest BCUT2D eigenvalue weighted by Gasteiger charge is 2.25. The molecule has 0 radical (unpaired) electrons. The maximum atomic E-state index is 13.8. The molecule has 1 aliphatic rings. The number of rotatable bonds is 6. The van der Waals surface area contributed by atoms with Crippen LogP contribution < -0.4 is 4.74 Å². The summed E-state index contributed by atoms with van der Waals surface area (Å²) in [6.45, 7) is 3.05. The van der Waals surface area contributed by atoms with Crippen molar-refractivity contribution >= 4 is 29.0 Å². The van der Waals surface area contributed by atoms with E-state index in [9.17, 15) is 9.18 Å². The first kappa shape index (κ1) is 20.8. The van der Waals surface area contributed by atoms with E-state index in [4.69, 9.17) is 27.9 Å². The van der Waals surface area contributed by atoms with E-state index in [1.54, 1.807) is 16.8 Å². The van der Waals surface area contributed by atoms with Gasteiger partial charge in [-0.1, -0.05) is 23.2 Å². The molecule has 1 aliphatic heterocycles. The van der Waals surface area contributed by atoms with Gasteiger partial charge in [0.05, 0.1) is 18.1 Å². The van der Waals surface area contributed by atoms with Crippen molar-refractivity contribution in [1.82, 2.24) is 14.8 Å². The number of aryl methyl sites for hydroxylation is 1. The standard InChI is InChI=1S/C22H20Cl2FN3O2/c1-2-28-21(26-22(27-28)14-3-5-18(24)19(25)10-14)12-16(29)9-13-7-8-30-20-6-4-15(23)11-17(13)20/h3-6,10-11,13H,2,7-9,12H2,1H3/t13-/m1/s1. The summed E-state index contributed by atoms with van der Waals surface area (Å²) in [6.07, 6.45) is 1.29. The molecule has 156 valence electrons. The molecule has 0 amide bonds. The Morgan fingerprint density at radius 3 is 2.87 bits per heavy atom. The highest BCUT2D eigenvalue weighted by molar-refractivity contribution is 6.31. The zero-order chi connectivity index (χ0) is 21.3. The van der Waals surface area contributed by atoms with Gasteiger partial charge in [-0.15, -0.1) is 0 Å². The van der Waals surface area contributed by atoms with Gasteiger partial charge in [0.2, 0.25) is 0 Å². The molecular formula is C22H20Cl2FN3O2. The topological polar surface area (TPSA) is 57.0 Å². The number of carbonyl (C=O) groups excluding carboxylic acids is 1. The Balaban J connectivity index is 1.52. The summed E-state index contributed by atoms with van der Waals surface area (Å²) in [5, 5.41) is 5.09. The molecule has 0 spiro atoms. The lowest BCUT2D eigenvalue weighted by Crippen LogP contribution is -2.19. The number of Topliss-reactive ketones (excluding diaryl/α,β-unsaturated/α-hetero) is 1. The Bertz CT molecular complexity index is 1100. The fourth-order valence-corrected chi connectivity index (χ4v) is 3.99. The van der Waals surface area contributed by atoms with Gasteiger partial charge >= 0.3 is 0 Å². The SMILES string of the molecule is CCn1nc(-c2ccc(Cl)c(F)c2)nc1CC(=O)C[C@H]1CCOc2ccc(Cl)cc21. The number of aromatic nitrogens is 3. The maximum Gasteiger partial charge on any atom is 0.181 e. The van der Waals surface area contributed by atoms with E-state index in [-0.39, 0.29) is 23.1 Å². The van der Waals surface area contributed by atoms with Crippen LogP contribution in [0, 0.1) is 5.82 Å². The van der Waals surface area contributed by atoms with Gasteiger partial charge in [0.1, 0.15) is 23.2 Å². The van der Waals surface area contributed by atoms with Gasteiger partial charge in [-0.2, -0.15) is 5.10 Å². The Morgan fingerprint density at radius 2 is 2.10 bits per heavy atom. The summed E-state index contributed by atoms with van der Waals surface area (Å²) >= 11 is 11.9. The van der Waals surface area contributed by atoms with Gasteiger partial charge in [-0.3, -0.25) is 4.79 Å². The lowest BCUT2D eigenvalue weighted by atomic mass is 9.88. The number of ether oxygens (including phenoxy) is 1. The molecule has 1 aromatic heterocycles. The first-order chi connectivity index (χ1) is 14.4. The van der Waals surface area contributed by atoms with E-state index in [0.717, 1.165) is 17.7 Å². The minimum atomic E-state index is -0.531. The summed E-state index contributed by atoms with van der Waals surface area (Å²) in [6, 6.07) is 9.93. The predicted octanol–water partition coefficient (Wildman–Crippen LogP) is 5.48. The molecular weight excluding hydrogens is 428 g/mol. The molecule has 4 rings (SSSR count). The summed E-state index contributed by atoms with van der Waals surface area (Å²) in [4.78, 5) is 17.3. The average Bonchev–Trinajstić information content (AvgIpc) is 3.13. The third-order valence-electron chi connectivity index (χ3n) is 5.19. The second-order valence-corrected chi connectivity index (χ2v) is 8.08. The van der Waals surface area contributed by atoms with Crippen LogP contribution in [0.4, 0.5) is 4.39 Å². The van der Waals surface area contributed by atoms with Crippen LogP contribution in [-0.2, 0) is 17.8 Å². The molecule has 2 heterocycles. The monoisotopic (exact) mass is 447 g/mol. The summed E-state index contributed by atoms with van der Waals surface area (Å²) in [5.74, 6) is 1.31. The smallest absolute Gasteiger partial charge is 0.181 e. The third kappa shape index (κ3) is 4.35. The number of carbonyl (C=O) groups is 1. The van der Waals surface area contributed by atoms with Crippen LogP contribution in [0.1, 0.15) is 37.1 Å². The van der Waals surface area contributed by atoms with E-state index in [0.29, 0.717) is 41.8 Å². The van der Waals surface area contributed by atoms with E-state index in [1.807, 2.05) is 19.1 Å². The van der Waals surface area contributed by atoms with E-state index >= 15 is 0 Å². The number of hydrogen-bond donors (Lipinski definition) is 0. The van der Waals surface area contributed by atoms with E-state index in [1.165, 1.54) is 12.1 Å². The number of nitrogens with zero attached hydrogens (tertiary/aromatic N) is 3. The van der Waals surface area contributed by atoms with Crippen molar-refractivity contribution < 1.29 is 13.9 Å². The highest BCUT2D eigenvalue weighted by atomic mass is 35.5. The highest BCUT2D eigenvalue weighted by Crippen LogP contribution is 2.37. The number of benzene rings is 2. The molecule has 1 atom stereocenters. The van der Waals surface area contributed by atoms with Crippen LogP contribution >= 0.6 is 23.2 Å². The largest absolute Gasteiger partial charge is 0.493 e. The maximum absolute atomic E-state index is 13.8. The van der Waals surface area contributed by atoms with Crippen molar-refractivity contribution in [2.45, 2.75) is 38.6 Å². The second-order valence-electron chi connectivity index (χ2n) is 7.23. The van der Waals surface area contributed by atoms with Crippen molar-refractivity contribution in [2.75, 3.05) is 6.61 Å². The van der Waals surface area contributed by atoms with Gasteiger partial charge in [0.25, 0.3) is 0 Å². The number of halogens is 3. The van der Waals surface area contributed by atoms with Gasteiger partial charge in [0.15, 0.2) is 5.82 Å². The Hall–Kier alpha value is -2.44. The molecule has 0 saturated carbocycles. The minimum absolute atomic E-state index is 0.0425.